The van der Waals surface area contributed by atoms with Gasteiger partial charge < -0.3 is 36.2 Å². The van der Waals surface area contributed by atoms with Gasteiger partial charge in [0.2, 0.25) is 5.91 Å². The van der Waals surface area contributed by atoms with Crippen LogP contribution in [0.15, 0.2) is 0 Å². The Labute approximate surface area is 117 Å². The number of carbonyl (C=O) groups is 1. The topological polar surface area (TPSA) is 145 Å². The third-order valence-corrected chi connectivity index (χ3v) is 3.74. The van der Waals surface area contributed by atoms with Crippen LogP contribution in [0.1, 0.15) is 20.3 Å². The molecule has 7 atom stereocenters. The molecule has 0 radical (unpaired) electrons. The van der Waals surface area contributed by atoms with Crippen LogP contribution in [0.5, 0.6) is 0 Å². The van der Waals surface area contributed by atoms with Gasteiger partial charge in [-0.3, -0.25) is 4.79 Å². The molecule has 20 heavy (non-hydrogen) atoms. The minimum atomic E-state index is -1.52. The van der Waals surface area contributed by atoms with E-state index in [9.17, 15) is 20.1 Å². The number of amides is 1. The monoisotopic (exact) mass is 292 g/mol. The Kier molecular flexibility index (Phi) is 6.31. The van der Waals surface area contributed by atoms with Gasteiger partial charge in [0.25, 0.3) is 0 Å². The third kappa shape index (κ3) is 3.66. The molecule has 0 aliphatic carbocycles. The second kappa shape index (κ2) is 7.30. The van der Waals surface area contributed by atoms with E-state index in [2.05, 4.69) is 5.32 Å². The first-order valence-electron chi connectivity index (χ1n) is 6.69. The van der Waals surface area contributed by atoms with Gasteiger partial charge in [-0.25, -0.2) is 0 Å². The molecule has 1 heterocycles. The Morgan fingerprint density at radius 1 is 1.30 bits per heavy atom. The summed E-state index contributed by atoms with van der Waals surface area (Å²) in [5, 5.41) is 40.4. The zero-order valence-corrected chi connectivity index (χ0v) is 11.6. The first-order valence-corrected chi connectivity index (χ1v) is 6.69. The van der Waals surface area contributed by atoms with Gasteiger partial charge in [0.05, 0.1) is 12.6 Å². The summed E-state index contributed by atoms with van der Waals surface area (Å²) in [6.45, 7) is 3.16. The number of nitrogens with two attached hydrogens (primary N) is 1. The molecule has 1 rings (SSSR count). The van der Waals surface area contributed by atoms with Crippen molar-refractivity contribution in [3.05, 3.63) is 0 Å². The maximum absolute atomic E-state index is 11.9. The molecule has 1 aliphatic heterocycles. The predicted molar refractivity (Wildman–Crippen MR) is 69.3 cm³/mol. The molecule has 1 saturated heterocycles. The molecular weight excluding hydrogens is 268 g/mol. The molecule has 0 aromatic heterocycles. The standard InChI is InChI=1S/C12H24N2O6/c1-3-5(2)7(13)11(19)14-12-10(18)9(17)8(16)6(4-15)20-12/h5-10,12,15-18H,3-4,13H2,1-2H3,(H,14,19)/t5-,6-,7?,8-,9+,10-,12-/m1/s1. The Balaban J connectivity index is 2.68. The van der Waals surface area contributed by atoms with Crippen molar-refractivity contribution in [1.29, 1.82) is 0 Å². The van der Waals surface area contributed by atoms with Crippen molar-refractivity contribution in [1.82, 2.24) is 5.32 Å². The predicted octanol–water partition coefficient (Wildman–Crippen LogP) is -2.72. The largest absolute Gasteiger partial charge is 0.394 e. The van der Waals surface area contributed by atoms with E-state index in [4.69, 9.17) is 15.6 Å². The first-order chi connectivity index (χ1) is 9.33. The van der Waals surface area contributed by atoms with Gasteiger partial charge in [-0.05, 0) is 5.92 Å². The smallest absolute Gasteiger partial charge is 0.239 e. The van der Waals surface area contributed by atoms with Crippen LogP contribution in [0.4, 0.5) is 0 Å². The van der Waals surface area contributed by atoms with Crippen molar-refractivity contribution in [2.45, 2.75) is 57.0 Å². The van der Waals surface area contributed by atoms with Gasteiger partial charge in [-0.2, -0.15) is 0 Å². The van der Waals surface area contributed by atoms with Crippen LogP contribution in [-0.2, 0) is 9.53 Å². The summed E-state index contributed by atoms with van der Waals surface area (Å²) in [5.41, 5.74) is 5.75. The van der Waals surface area contributed by atoms with Crippen LogP contribution in [0, 0.1) is 5.92 Å². The lowest BCUT2D eigenvalue weighted by atomic mass is 9.97. The molecule has 0 aromatic rings. The summed E-state index contributed by atoms with van der Waals surface area (Å²) in [7, 11) is 0. The number of nitrogens with one attached hydrogen (secondary N) is 1. The number of aliphatic hydroxyl groups is 4. The SMILES string of the molecule is CC[C@@H](C)C(N)C(=O)N[C@@H]1O[C@H](CO)[C@@H](O)[C@H](O)[C@H]1O. The van der Waals surface area contributed by atoms with Gasteiger partial charge in [0.15, 0.2) is 6.23 Å². The average Bonchev–Trinajstić information content (AvgIpc) is 2.45. The lowest BCUT2D eigenvalue weighted by molar-refractivity contribution is -0.236. The Morgan fingerprint density at radius 3 is 2.40 bits per heavy atom. The number of hydrogen-bond acceptors (Lipinski definition) is 7. The number of hydrogen-bond donors (Lipinski definition) is 6. The number of carbonyl (C=O) groups excluding carboxylic acids is 1. The maximum Gasteiger partial charge on any atom is 0.239 e. The molecule has 8 nitrogen and oxygen atoms in total. The molecule has 7 N–H and O–H groups in total. The van der Waals surface area contributed by atoms with Crippen LogP contribution >= 0.6 is 0 Å². The van der Waals surface area contributed by atoms with Crippen LogP contribution in [0.3, 0.4) is 0 Å². The minimum absolute atomic E-state index is 0.0557. The molecular formula is C12H24N2O6. The molecule has 8 heteroatoms. The van der Waals surface area contributed by atoms with Crippen LogP contribution < -0.4 is 11.1 Å². The highest BCUT2D eigenvalue weighted by atomic mass is 16.6. The lowest BCUT2D eigenvalue weighted by Gasteiger charge is -2.40. The van der Waals surface area contributed by atoms with E-state index in [0.29, 0.717) is 6.42 Å². The summed E-state index contributed by atoms with van der Waals surface area (Å²) in [5.74, 6) is -0.580. The summed E-state index contributed by atoms with van der Waals surface area (Å²) in [6.07, 6.45) is -6.05. The van der Waals surface area contributed by atoms with Crippen LogP contribution in [0.25, 0.3) is 0 Å². The molecule has 0 saturated carbocycles. The van der Waals surface area contributed by atoms with E-state index in [1.54, 1.807) is 0 Å². The van der Waals surface area contributed by atoms with Crippen molar-refractivity contribution >= 4 is 5.91 Å². The summed E-state index contributed by atoms with van der Waals surface area (Å²) in [6, 6.07) is -0.771. The highest BCUT2D eigenvalue weighted by Crippen LogP contribution is 2.20. The fraction of sp³-hybridized carbons (Fsp3) is 0.917. The van der Waals surface area contributed by atoms with E-state index >= 15 is 0 Å². The average molecular weight is 292 g/mol. The van der Waals surface area contributed by atoms with E-state index in [0.717, 1.165) is 0 Å². The summed E-state index contributed by atoms with van der Waals surface area (Å²) >= 11 is 0. The summed E-state index contributed by atoms with van der Waals surface area (Å²) < 4.78 is 5.17. The highest BCUT2D eigenvalue weighted by molar-refractivity contribution is 5.82. The van der Waals surface area contributed by atoms with E-state index in [1.807, 2.05) is 13.8 Å². The van der Waals surface area contributed by atoms with Gasteiger partial charge >= 0.3 is 0 Å². The van der Waals surface area contributed by atoms with Crippen molar-refractivity contribution in [3.63, 3.8) is 0 Å². The maximum atomic E-state index is 11.9. The zero-order valence-electron chi connectivity index (χ0n) is 11.6. The van der Waals surface area contributed by atoms with Crippen molar-refractivity contribution in [2.24, 2.45) is 11.7 Å². The number of ether oxygens (including phenoxy) is 1. The first kappa shape index (κ1) is 17.3. The Morgan fingerprint density at radius 2 is 1.90 bits per heavy atom. The molecule has 0 spiro atoms. The zero-order chi connectivity index (χ0) is 15.4. The lowest BCUT2D eigenvalue weighted by Crippen LogP contribution is -2.64. The second-order valence-corrected chi connectivity index (χ2v) is 5.17. The number of aliphatic hydroxyl groups excluding tert-OH is 4. The fourth-order valence-corrected chi connectivity index (χ4v) is 1.97. The van der Waals surface area contributed by atoms with Gasteiger partial charge in [0, 0.05) is 0 Å². The van der Waals surface area contributed by atoms with Gasteiger partial charge in [-0.15, -0.1) is 0 Å². The van der Waals surface area contributed by atoms with Gasteiger partial charge in [0.1, 0.15) is 24.4 Å². The fourth-order valence-electron chi connectivity index (χ4n) is 1.97. The molecule has 0 aromatic carbocycles. The quantitative estimate of drug-likeness (QED) is 0.323. The van der Waals surface area contributed by atoms with Crippen LogP contribution in [0.2, 0.25) is 0 Å². The molecule has 0 bridgehead atoms. The minimum Gasteiger partial charge on any atom is -0.394 e. The second-order valence-electron chi connectivity index (χ2n) is 5.17. The third-order valence-electron chi connectivity index (χ3n) is 3.74. The molecule has 118 valence electrons. The van der Waals surface area contributed by atoms with Gasteiger partial charge in [-0.1, -0.05) is 20.3 Å². The normalized spacial score (nSPS) is 37.2. The molecule has 1 unspecified atom stereocenters. The van der Waals surface area contributed by atoms with Crippen molar-refractivity contribution in [3.8, 4) is 0 Å². The Bertz CT molecular complexity index is 327. The van der Waals surface area contributed by atoms with E-state index in [-0.39, 0.29) is 5.92 Å². The summed E-state index contributed by atoms with van der Waals surface area (Å²) in [4.78, 5) is 11.9. The molecule has 1 fully saturated rings. The van der Waals surface area contributed by atoms with Crippen LogP contribution in [-0.4, -0.2) is 69.6 Å². The highest BCUT2D eigenvalue weighted by Gasteiger charge is 2.44. The van der Waals surface area contributed by atoms with Crippen molar-refractivity contribution < 1.29 is 30.0 Å². The molecule has 1 amide bonds. The molecule has 1 aliphatic rings. The van der Waals surface area contributed by atoms with Crippen molar-refractivity contribution in [2.75, 3.05) is 6.61 Å². The van der Waals surface area contributed by atoms with E-state index < -0.39 is 49.2 Å². The van der Waals surface area contributed by atoms with E-state index in [1.165, 1.54) is 0 Å². The number of rotatable bonds is 5. The Hall–Kier alpha value is -0.770.